The van der Waals surface area contributed by atoms with Crippen molar-refractivity contribution in [3.8, 4) is 22.0 Å². The summed E-state index contributed by atoms with van der Waals surface area (Å²) in [6, 6.07) is 12.2. The van der Waals surface area contributed by atoms with E-state index in [1.165, 1.54) is 6.07 Å². The van der Waals surface area contributed by atoms with Crippen LogP contribution in [0.5, 0.6) is 0 Å². The topological polar surface area (TPSA) is 85.3 Å². The van der Waals surface area contributed by atoms with Gasteiger partial charge in [0.15, 0.2) is 5.82 Å². The van der Waals surface area contributed by atoms with E-state index in [1.807, 2.05) is 29.8 Å². The molecule has 5 rings (SSSR count). The zero-order valence-electron chi connectivity index (χ0n) is 16.3. The summed E-state index contributed by atoms with van der Waals surface area (Å²) < 4.78 is 5.94. The number of benzene rings is 1. The van der Waals surface area contributed by atoms with E-state index in [0.29, 0.717) is 22.9 Å². The highest BCUT2D eigenvalue weighted by atomic mass is 35.5. The quantitative estimate of drug-likeness (QED) is 0.290. The Kier molecular flexibility index (Phi) is 5.27. The van der Waals surface area contributed by atoms with Gasteiger partial charge < -0.3 is 4.42 Å². The molecule has 156 valence electrons. The van der Waals surface area contributed by atoms with Gasteiger partial charge in [0.05, 0.1) is 27.6 Å². The summed E-state index contributed by atoms with van der Waals surface area (Å²) >= 11 is 7.55. The first-order chi connectivity index (χ1) is 15.1. The van der Waals surface area contributed by atoms with Crippen LogP contribution in [0.15, 0.2) is 58.5 Å². The number of halogens is 1. The zero-order chi connectivity index (χ0) is 21.4. The second-order valence-corrected chi connectivity index (χ2v) is 8.67. The molecule has 31 heavy (non-hydrogen) atoms. The lowest BCUT2D eigenvalue weighted by Crippen LogP contribution is -2.30. The van der Waals surface area contributed by atoms with Crippen LogP contribution in [0.2, 0.25) is 5.02 Å². The van der Waals surface area contributed by atoms with Crippen LogP contribution in [-0.2, 0) is 19.5 Å². The molecular weight excluding hydrogens is 436 g/mol. The number of hydrogen-bond donors (Lipinski definition) is 0. The van der Waals surface area contributed by atoms with Gasteiger partial charge in [0.1, 0.15) is 11.5 Å². The molecule has 0 atom stereocenters. The van der Waals surface area contributed by atoms with E-state index in [9.17, 15) is 10.1 Å². The first-order valence-corrected chi connectivity index (χ1v) is 11.0. The third-order valence-corrected chi connectivity index (χ3v) is 6.32. The molecule has 1 aliphatic rings. The predicted octanol–water partition coefficient (Wildman–Crippen LogP) is 5.59. The fourth-order valence-corrected chi connectivity index (χ4v) is 4.56. The Hall–Kier alpha value is -3.07. The van der Waals surface area contributed by atoms with Crippen molar-refractivity contribution in [2.24, 2.45) is 0 Å². The molecule has 9 heteroatoms. The minimum atomic E-state index is -0.449. The average molecular weight is 453 g/mol. The van der Waals surface area contributed by atoms with Crippen LogP contribution in [0.1, 0.15) is 17.0 Å². The van der Waals surface area contributed by atoms with Gasteiger partial charge in [-0.3, -0.25) is 15.0 Å². The van der Waals surface area contributed by atoms with E-state index >= 15 is 0 Å². The number of nitrogens with zero attached hydrogens (tertiary/aromatic N) is 4. The van der Waals surface area contributed by atoms with Gasteiger partial charge in [0.2, 0.25) is 0 Å². The van der Waals surface area contributed by atoms with Gasteiger partial charge >= 0.3 is 0 Å². The summed E-state index contributed by atoms with van der Waals surface area (Å²) in [5.41, 5.74) is 2.55. The summed E-state index contributed by atoms with van der Waals surface area (Å²) in [5.74, 6) is 1.99. The molecule has 4 aromatic rings. The fourth-order valence-electron chi connectivity index (χ4n) is 3.73. The Morgan fingerprint density at radius 2 is 2.16 bits per heavy atom. The number of furan rings is 1. The average Bonchev–Trinajstić information content (AvgIpc) is 3.46. The summed E-state index contributed by atoms with van der Waals surface area (Å²) in [4.78, 5) is 23.5. The third-order valence-electron chi connectivity index (χ3n) is 5.22. The SMILES string of the molecule is O=[N+]([O-])c1cc(Cl)ccc1-c1ccc(CN2CCc3nc(-c4cccs4)ncc3C2)o1. The molecule has 0 saturated carbocycles. The number of thiophene rings is 1. The largest absolute Gasteiger partial charge is 0.459 e. The smallest absolute Gasteiger partial charge is 0.281 e. The van der Waals surface area contributed by atoms with Crippen LogP contribution in [-0.4, -0.2) is 26.3 Å². The third kappa shape index (κ3) is 4.10. The first kappa shape index (κ1) is 19.9. The summed E-state index contributed by atoms with van der Waals surface area (Å²) in [5, 5.41) is 13.7. The highest BCUT2D eigenvalue weighted by molar-refractivity contribution is 7.13. The van der Waals surface area contributed by atoms with Crippen molar-refractivity contribution in [3.63, 3.8) is 0 Å². The molecule has 1 aromatic carbocycles. The number of nitro groups is 1. The van der Waals surface area contributed by atoms with E-state index in [-0.39, 0.29) is 5.69 Å². The van der Waals surface area contributed by atoms with Crippen LogP contribution in [0.25, 0.3) is 22.0 Å². The molecule has 1 aliphatic heterocycles. The molecule has 0 N–H and O–H groups in total. The van der Waals surface area contributed by atoms with Gasteiger partial charge in [0, 0.05) is 42.4 Å². The second kappa shape index (κ2) is 8.22. The normalized spacial score (nSPS) is 13.8. The van der Waals surface area contributed by atoms with Gasteiger partial charge in [-0.05, 0) is 35.7 Å². The minimum Gasteiger partial charge on any atom is -0.459 e. The Morgan fingerprint density at radius 1 is 1.26 bits per heavy atom. The van der Waals surface area contributed by atoms with Crippen molar-refractivity contribution in [3.05, 3.63) is 86.2 Å². The molecule has 0 spiro atoms. The van der Waals surface area contributed by atoms with Gasteiger partial charge in [0.25, 0.3) is 5.69 Å². The van der Waals surface area contributed by atoms with Crippen molar-refractivity contribution in [2.45, 2.75) is 19.5 Å². The van der Waals surface area contributed by atoms with Crippen molar-refractivity contribution < 1.29 is 9.34 Å². The van der Waals surface area contributed by atoms with E-state index in [4.69, 9.17) is 21.0 Å². The fraction of sp³-hybridized carbons (Fsp3) is 0.182. The van der Waals surface area contributed by atoms with Crippen LogP contribution in [0.4, 0.5) is 5.69 Å². The number of rotatable bonds is 5. The molecule has 0 saturated heterocycles. The van der Waals surface area contributed by atoms with Crippen molar-refractivity contribution in [2.75, 3.05) is 6.54 Å². The van der Waals surface area contributed by atoms with Crippen molar-refractivity contribution >= 4 is 28.6 Å². The van der Waals surface area contributed by atoms with E-state index < -0.39 is 4.92 Å². The number of aromatic nitrogens is 2. The zero-order valence-corrected chi connectivity index (χ0v) is 17.9. The van der Waals surface area contributed by atoms with Crippen molar-refractivity contribution in [1.82, 2.24) is 14.9 Å². The maximum atomic E-state index is 11.4. The summed E-state index contributed by atoms with van der Waals surface area (Å²) in [7, 11) is 0. The van der Waals surface area contributed by atoms with Gasteiger partial charge in [-0.15, -0.1) is 11.3 Å². The highest BCUT2D eigenvalue weighted by Gasteiger charge is 2.22. The minimum absolute atomic E-state index is 0.0704. The maximum Gasteiger partial charge on any atom is 0.281 e. The Balaban J connectivity index is 1.32. The molecule has 0 bridgehead atoms. The Bertz CT molecular complexity index is 1260. The molecule has 7 nitrogen and oxygen atoms in total. The highest BCUT2D eigenvalue weighted by Crippen LogP contribution is 2.34. The Labute approximate surface area is 187 Å². The number of hydrogen-bond acceptors (Lipinski definition) is 7. The number of nitro benzene ring substituents is 1. The summed E-state index contributed by atoms with van der Waals surface area (Å²) in [6.07, 6.45) is 2.75. The lowest BCUT2D eigenvalue weighted by Gasteiger charge is -2.27. The predicted molar refractivity (Wildman–Crippen MR) is 119 cm³/mol. The monoisotopic (exact) mass is 452 g/mol. The standard InChI is InChI=1S/C22H17ClN4O3S/c23-15-3-5-17(19(10-15)27(28)29)20-6-4-16(30-20)13-26-8-7-18-14(12-26)11-24-22(25-18)21-2-1-9-31-21/h1-6,9-11H,7-8,12-13H2. The molecule has 3 aromatic heterocycles. The lowest BCUT2D eigenvalue weighted by atomic mass is 10.1. The summed E-state index contributed by atoms with van der Waals surface area (Å²) in [6.45, 7) is 2.19. The lowest BCUT2D eigenvalue weighted by molar-refractivity contribution is -0.384. The number of fused-ring (bicyclic) bond motifs is 1. The first-order valence-electron chi connectivity index (χ1n) is 9.71. The van der Waals surface area contributed by atoms with Gasteiger partial charge in [-0.25, -0.2) is 9.97 Å². The van der Waals surface area contributed by atoms with E-state index in [2.05, 4.69) is 9.88 Å². The van der Waals surface area contributed by atoms with E-state index in [0.717, 1.165) is 47.2 Å². The Morgan fingerprint density at radius 3 is 2.97 bits per heavy atom. The molecule has 0 amide bonds. The van der Waals surface area contributed by atoms with Gasteiger partial charge in [-0.2, -0.15) is 0 Å². The molecular formula is C22H17ClN4O3S. The maximum absolute atomic E-state index is 11.4. The second-order valence-electron chi connectivity index (χ2n) is 7.29. The van der Waals surface area contributed by atoms with E-state index in [1.54, 1.807) is 29.5 Å². The van der Waals surface area contributed by atoms with Crippen LogP contribution >= 0.6 is 22.9 Å². The van der Waals surface area contributed by atoms with Gasteiger partial charge in [-0.1, -0.05) is 17.7 Å². The van der Waals surface area contributed by atoms with Crippen LogP contribution < -0.4 is 0 Å². The molecule has 4 heterocycles. The molecule has 0 fully saturated rings. The van der Waals surface area contributed by atoms with Crippen molar-refractivity contribution in [1.29, 1.82) is 0 Å². The molecule has 0 aliphatic carbocycles. The molecule has 0 unspecified atom stereocenters. The molecule has 0 radical (unpaired) electrons. The van der Waals surface area contributed by atoms with Crippen LogP contribution in [0.3, 0.4) is 0 Å². The van der Waals surface area contributed by atoms with Crippen LogP contribution in [0, 0.1) is 10.1 Å².